The standard InChI is InChI=1S/C29H23N5O3/c1-2-16-36-20-32-22-4-3-5-24(17-22)34-27-14-15-31-19-28(27)33(29(34)35)23-8-12-26(13-9-23)37-25-10-6-21(18-30)7-11-25/h2-15,17,19,32H,1,16,20H2. The minimum atomic E-state index is -0.219. The van der Waals surface area contributed by atoms with E-state index in [9.17, 15) is 4.79 Å². The number of ether oxygens (including phenoxy) is 2. The van der Waals surface area contributed by atoms with Crippen molar-refractivity contribution in [3.63, 3.8) is 0 Å². The van der Waals surface area contributed by atoms with Gasteiger partial charge in [0.05, 0.1) is 46.8 Å². The second-order valence-corrected chi connectivity index (χ2v) is 8.08. The lowest BCUT2D eigenvalue weighted by Gasteiger charge is -2.09. The van der Waals surface area contributed by atoms with Crippen molar-refractivity contribution >= 4 is 16.7 Å². The Kier molecular flexibility index (Phi) is 6.79. The van der Waals surface area contributed by atoms with E-state index in [0.29, 0.717) is 41.6 Å². The molecule has 1 N–H and O–H groups in total. The Bertz CT molecular complexity index is 1640. The molecule has 5 rings (SSSR count). The molecule has 0 fully saturated rings. The van der Waals surface area contributed by atoms with Gasteiger partial charge in [-0.25, -0.2) is 4.79 Å². The summed E-state index contributed by atoms with van der Waals surface area (Å²) in [6.07, 6.45) is 5.04. The molecule has 8 nitrogen and oxygen atoms in total. The number of anilines is 1. The Labute approximate surface area is 213 Å². The number of hydrogen-bond donors (Lipinski definition) is 1. The highest BCUT2D eigenvalue weighted by molar-refractivity contribution is 5.79. The molecular weight excluding hydrogens is 466 g/mol. The van der Waals surface area contributed by atoms with Crippen LogP contribution in [0.25, 0.3) is 22.4 Å². The first-order chi connectivity index (χ1) is 18.2. The topological polar surface area (TPSA) is 94.1 Å². The molecule has 37 heavy (non-hydrogen) atoms. The number of benzene rings is 3. The van der Waals surface area contributed by atoms with Crippen LogP contribution in [0.2, 0.25) is 0 Å². The van der Waals surface area contributed by atoms with Crippen molar-refractivity contribution < 1.29 is 9.47 Å². The second kappa shape index (κ2) is 10.6. The molecule has 0 aliphatic carbocycles. The number of hydrogen-bond acceptors (Lipinski definition) is 6. The SMILES string of the molecule is C=CCOCNc1cccc(-n2c(=O)n(-c3ccc(Oc4ccc(C#N)cc4)cc3)c3cnccc32)c1. The van der Waals surface area contributed by atoms with Crippen LogP contribution < -0.4 is 15.7 Å². The summed E-state index contributed by atoms with van der Waals surface area (Å²) in [6.45, 7) is 4.41. The summed E-state index contributed by atoms with van der Waals surface area (Å²) >= 11 is 0. The van der Waals surface area contributed by atoms with Crippen molar-refractivity contribution in [3.8, 4) is 28.9 Å². The van der Waals surface area contributed by atoms with E-state index in [4.69, 9.17) is 14.7 Å². The number of rotatable bonds is 9. The highest BCUT2D eigenvalue weighted by Gasteiger charge is 2.16. The lowest BCUT2D eigenvalue weighted by molar-refractivity contribution is 0.183. The number of imidazole rings is 1. The minimum Gasteiger partial charge on any atom is -0.457 e. The van der Waals surface area contributed by atoms with Gasteiger partial charge in [0, 0.05) is 11.9 Å². The maximum Gasteiger partial charge on any atom is 0.338 e. The first-order valence-electron chi connectivity index (χ1n) is 11.6. The lowest BCUT2D eigenvalue weighted by atomic mass is 10.2. The van der Waals surface area contributed by atoms with Gasteiger partial charge in [-0.1, -0.05) is 12.1 Å². The summed E-state index contributed by atoms with van der Waals surface area (Å²) in [5, 5.41) is 12.2. The summed E-state index contributed by atoms with van der Waals surface area (Å²) in [4.78, 5) is 18.0. The van der Waals surface area contributed by atoms with Crippen molar-refractivity contribution in [2.45, 2.75) is 0 Å². The van der Waals surface area contributed by atoms with Crippen LogP contribution in [-0.4, -0.2) is 27.5 Å². The van der Waals surface area contributed by atoms with Crippen LogP contribution in [0.4, 0.5) is 5.69 Å². The number of nitrogens with one attached hydrogen (secondary N) is 1. The Balaban J connectivity index is 1.47. The Morgan fingerprint density at radius 3 is 2.41 bits per heavy atom. The van der Waals surface area contributed by atoms with Crippen molar-refractivity contribution in [3.05, 3.63) is 120 Å². The molecule has 0 bridgehead atoms. The number of pyridine rings is 1. The normalized spacial score (nSPS) is 10.7. The van der Waals surface area contributed by atoms with Gasteiger partial charge in [-0.05, 0) is 72.8 Å². The fourth-order valence-corrected chi connectivity index (χ4v) is 3.97. The van der Waals surface area contributed by atoms with Crippen LogP contribution in [0, 0.1) is 11.3 Å². The lowest BCUT2D eigenvalue weighted by Crippen LogP contribution is -2.22. The third-order valence-corrected chi connectivity index (χ3v) is 5.67. The molecule has 0 saturated heterocycles. The van der Waals surface area contributed by atoms with E-state index in [0.717, 1.165) is 16.9 Å². The minimum absolute atomic E-state index is 0.219. The van der Waals surface area contributed by atoms with Gasteiger partial charge in [-0.15, -0.1) is 6.58 Å². The molecule has 0 radical (unpaired) electrons. The van der Waals surface area contributed by atoms with Crippen molar-refractivity contribution in [2.24, 2.45) is 0 Å². The van der Waals surface area contributed by atoms with Gasteiger partial charge in [0.15, 0.2) is 0 Å². The van der Waals surface area contributed by atoms with E-state index in [-0.39, 0.29) is 5.69 Å². The van der Waals surface area contributed by atoms with Crippen LogP contribution in [0.5, 0.6) is 11.5 Å². The fourth-order valence-electron chi connectivity index (χ4n) is 3.97. The molecule has 182 valence electrons. The Morgan fingerprint density at radius 2 is 1.68 bits per heavy atom. The van der Waals surface area contributed by atoms with E-state index in [2.05, 4.69) is 22.9 Å². The molecular formula is C29H23N5O3. The Hall–Kier alpha value is -5.13. The van der Waals surface area contributed by atoms with Crippen LogP contribution in [0.1, 0.15) is 5.56 Å². The predicted molar refractivity (Wildman–Crippen MR) is 143 cm³/mol. The second-order valence-electron chi connectivity index (χ2n) is 8.08. The van der Waals surface area contributed by atoms with E-state index in [1.54, 1.807) is 64.0 Å². The van der Waals surface area contributed by atoms with Crippen molar-refractivity contribution in [1.82, 2.24) is 14.1 Å². The van der Waals surface area contributed by atoms with Crippen LogP contribution in [-0.2, 0) is 4.74 Å². The maximum absolute atomic E-state index is 13.7. The van der Waals surface area contributed by atoms with Crippen LogP contribution in [0.15, 0.2) is 109 Å². The summed E-state index contributed by atoms with van der Waals surface area (Å²) in [5.41, 5.74) is 3.99. The van der Waals surface area contributed by atoms with Gasteiger partial charge in [-0.3, -0.25) is 14.1 Å². The molecule has 5 aromatic rings. The van der Waals surface area contributed by atoms with E-state index in [1.165, 1.54) is 0 Å². The van der Waals surface area contributed by atoms with Crippen LogP contribution >= 0.6 is 0 Å². The fraction of sp³-hybridized carbons (Fsp3) is 0.0690. The molecule has 0 saturated carbocycles. The van der Waals surface area contributed by atoms with Gasteiger partial charge in [0.2, 0.25) is 0 Å². The monoisotopic (exact) mass is 489 g/mol. The quantitative estimate of drug-likeness (QED) is 0.169. The third kappa shape index (κ3) is 4.98. The summed E-state index contributed by atoms with van der Waals surface area (Å²) in [7, 11) is 0. The molecule has 0 aliphatic heterocycles. The molecule has 3 aromatic carbocycles. The van der Waals surface area contributed by atoms with E-state index < -0.39 is 0 Å². The van der Waals surface area contributed by atoms with Crippen molar-refractivity contribution in [1.29, 1.82) is 5.26 Å². The molecule has 8 heteroatoms. The number of aromatic nitrogens is 3. The zero-order valence-corrected chi connectivity index (χ0v) is 19.9. The van der Waals surface area contributed by atoms with Gasteiger partial charge in [0.1, 0.15) is 18.2 Å². The number of fused-ring (bicyclic) bond motifs is 1. The molecule has 0 amide bonds. The first kappa shape index (κ1) is 23.6. The molecule has 0 unspecified atom stereocenters. The van der Waals surface area contributed by atoms with E-state index in [1.807, 2.05) is 42.5 Å². The van der Waals surface area contributed by atoms with Crippen LogP contribution in [0.3, 0.4) is 0 Å². The summed E-state index contributed by atoms with van der Waals surface area (Å²) in [6, 6.07) is 25.6. The van der Waals surface area contributed by atoms with Gasteiger partial charge < -0.3 is 14.8 Å². The smallest absolute Gasteiger partial charge is 0.338 e. The van der Waals surface area contributed by atoms with E-state index >= 15 is 0 Å². The number of nitriles is 1. The predicted octanol–water partition coefficient (Wildman–Crippen LogP) is 5.41. The van der Waals surface area contributed by atoms with Gasteiger partial charge >= 0.3 is 5.69 Å². The average Bonchev–Trinajstić information content (AvgIpc) is 3.24. The third-order valence-electron chi connectivity index (χ3n) is 5.67. The Morgan fingerprint density at radius 1 is 0.946 bits per heavy atom. The zero-order chi connectivity index (χ0) is 25.6. The largest absolute Gasteiger partial charge is 0.457 e. The van der Waals surface area contributed by atoms with Gasteiger partial charge in [0.25, 0.3) is 0 Å². The highest BCUT2D eigenvalue weighted by Crippen LogP contribution is 2.25. The number of nitrogens with zero attached hydrogens (tertiary/aromatic N) is 4. The summed E-state index contributed by atoms with van der Waals surface area (Å²) < 4.78 is 14.6. The molecule has 2 aromatic heterocycles. The first-order valence-corrected chi connectivity index (χ1v) is 11.6. The molecule has 0 atom stereocenters. The zero-order valence-electron chi connectivity index (χ0n) is 19.9. The molecule has 0 aliphatic rings. The van der Waals surface area contributed by atoms with Crippen molar-refractivity contribution in [2.75, 3.05) is 18.7 Å². The average molecular weight is 490 g/mol. The summed E-state index contributed by atoms with van der Waals surface area (Å²) in [5.74, 6) is 1.23. The molecule has 0 spiro atoms. The highest BCUT2D eigenvalue weighted by atomic mass is 16.5. The maximum atomic E-state index is 13.7. The molecule has 2 heterocycles. The van der Waals surface area contributed by atoms with Gasteiger partial charge in [-0.2, -0.15) is 5.26 Å².